The van der Waals surface area contributed by atoms with Crippen LogP contribution in [-0.4, -0.2) is 29.0 Å². The van der Waals surface area contributed by atoms with Crippen molar-refractivity contribution >= 4 is 28.9 Å². The average molecular weight is 277 g/mol. The number of hydrogen-bond donors (Lipinski definition) is 2. The molecule has 0 aromatic heterocycles. The number of carbonyl (C=O) groups excluding carboxylic acids is 1. The van der Waals surface area contributed by atoms with Crippen LogP contribution >= 0.6 is 12.2 Å². The number of rotatable bonds is 2. The number of nitrogens with two attached hydrogens (primary N) is 1. The molecule has 19 heavy (non-hydrogen) atoms. The van der Waals surface area contributed by atoms with E-state index in [0.29, 0.717) is 11.7 Å². The highest BCUT2D eigenvalue weighted by molar-refractivity contribution is 7.80. The van der Waals surface area contributed by atoms with Gasteiger partial charge < -0.3 is 16.0 Å². The Bertz CT molecular complexity index is 472. The molecule has 0 radical (unpaired) electrons. The van der Waals surface area contributed by atoms with Gasteiger partial charge in [0, 0.05) is 18.8 Å². The van der Waals surface area contributed by atoms with E-state index < -0.39 is 0 Å². The Hall–Kier alpha value is -1.62. The highest BCUT2D eigenvalue weighted by Gasteiger charge is 2.25. The van der Waals surface area contributed by atoms with Gasteiger partial charge in [0.25, 0.3) is 0 Å². The first-order chi connectivity index (χ1) is 9.06. The molecule has 1 amide bonds. The van der Waals surface area contributed by atoms with Crippen molar-refractivity contribution in [2.45, 2.75) is 19.8 Å². The van der Waals surface area contributed by atoms with Crippen molar-refractivity contribution in [2.75, 3.05) is 18.4 Å². The fourth-order valence-electron chi connectivity index (χ4n) is 2.23. The molecule has 1 aliphatic rings. The van der Waals surface area contributed by atoms with Crippen LogP contribution in [0.2, 0.25) is 0 Å². The fraction of sp³-hybridized carbons (Fsp3) is 0.429. The molecule has 1 saturated heterocycles. The fourth-order valence-corrected chi connectivity index (χ4v) is 2.52. The van der Waals surface area contributed by atoms with Crippen molar-refractivity contribution in [3.8, 4) is 0 Å². The molecule has 0 aliphatic carbocycles. The smallest absolute Gasteiger partial charge is 0.222 e. The van der Waals surface area contributed by atoms with Gasteiger partial charge >= 0.3 is 0 Å². The number of primary amides is 1. The van der Waals surface area contributed by atoms with E-state index in [-0.39, 0.29) is 11.8 Å². The Morgan fingerprint density at radius 3 is 2.74 bits per heavy atom. The third-order valence-electron chi connectivity index (χ3n) is 3.41. The predicted octanol–water partition coefficient (Wildman–Crippen LogP) is 1.89. The summed E-state index contributed by atoms with van der Waals surface area (Å²) in [5.41, 5.74) is 7.55. The second kappa shape index (κ2) is 6.02. The van der Waals surface area contributed by atoms with Gasteiger partial charge in [-0.2, -0.15) is 0 Å². The molecule has 0 spiro atoms. The molecule has 102 valence electrons. The van der Waals surface area contributed by atoms with Crippen molar-refractivity contribution in [2.24, 2.45) is 11.7 Å². The van der Waals surface area contributed by atoms with Crippen molar-refractivity contribution < 1.29 is 4.79 Å². The Kier molecular flexibility index (Phi) is 4.37. The molecule has 3 N–H and O–H groups in total. The first-order valence-corrected chi connectivity index (χ1v) is 6.89. The zero-order chi connectivity index (χ0) is 13.8. The van der Waals surface area contributed by atoms with Crippen molar-refractivity contribution in [3.63, 3.8) is 0 Å². The van der Waals surface area contributed by atoms with Gasteiger partial charge in [-0.05, 0) is 44.1 Å². The Balaban J connectivity index is 1.96. The minimum atomic E-state index is -0.233. The Morgan fingerprint density at radius 1 is 1.42 bits per heavy atom. The summed E-state index contributed by atoms with van der Waals surface area (Å²) in [5, 5.41) is 3.87. The van der Waals surface area contributed by atoms with E-state index in [1.807, 2.05) is 36.1 Å². The SMILES string of the molecule is Cc1ccc(NC(=S)N2CCC[C@H](C(N)=O)C2)cc1. The lowest BCUT2D eigenvalue weighted by atomic mass is 9.98. The van der Waals surface area contributed by atoms with E-state index in [2.05, 4.69) is 5.32 Å². The third kappa shape index (κ3) is 3.67. The molecule has 1 atom stereocenters. The number of likely N-dealkylation sites (tertiary alicyclic amines) is 1. The summed E-state index contributed by atoms with van der Waals surface area (Å²) < 4.78 is 0. The van der Waals surface area contributed by atoms with Crippen molar-refractivity contribution in [3.05, 3.63) is 29.8 Å². The number of anilines is 1. The average Bonchev–Trinajstić information content (AvgIpc) is 2.41. The number of carbonyl (C=O) groups is 1. The van der Waals surface area contributed by atoms with Crippen LogP contribution in [0.4, 0.5) is 5.69 Å². The predicted molar refractivity (Wildman–Crippen MR) is 80.9 cm³/mol. The van der Waals surface area contributed by atoms with E-state index in [9.17, 15) is 4.79 Å². The van der Waals surface area contributed by atoms with Crippen molar-refractivity contribution in [1.29, 1.82) is 0 Å². The summed E-state index contributed by atoms with van der Waals surface area (Å²) in [4.78, 5) is 13.3. The molecule has 1 aliphatic heterocycles. The zero-order valence-electron chi connectivity index (χ0n) is 11.1. The summed E-state index contributed by atoms with van der Waals surface area (Å²) in [6.07, 6.45) is 1.81. The number of hydrogen-bond acceptors (Lipinski definition) is 2. The summed E-state index contributed by atoms with van der Waals surface area (Å²) in [5.74, 6) is -0.325. The lowest BCUT2D eigenvalue weighted by molar-refractivity contribution is -0.122. The second-order valence-corrected chi connectivity index (χ2v) is 5.37. The number of nitrogens with zero attached hydrogens (tertiary/aromatic N) is 1. The van der Waals surface area contributed by atoms with Crippen LogP contribution in [0.15, 0.2) is 24.3 Å². The van der Waals surface area contributed by atoms with Gasteiger partial charge in [0.1, 0.15) is 0 Å². The number of amides is 1. The first-order valence-electron chi connectivity index (χ1n) is 6.48. The molecule has 1 fully saturated rings. The molecule has 0 unspecified atom stereocenters. The molecule has 0 bridgehead atoms. The largest absolute Gasteiger partial charge is 0.369 e. The van der Waals surface area contributed by atoms with Crippen LogP contribution in [0.25, 0.3) is 0 Å². The molecular formula is C14H19N3OS. The second-order valence-electron chi connectivity index (χ2n) is 4.98. The van der Waals surface area contributed by atoms with Crippen LogP contribution in [0, 0.1) is 12.8 Å². The van der Waals surface area contributed by atoms with Gasteiger partial charge in [0.15, 0.2) is 5.11 Å². The topological polar surface area (TPSA) is 58.4 Å². The van der Waals surface area contributed by atoms with E-state index in [1.165, 1.54) is 5.56 Å². The zero-order valence-corrected chi connectivity index (χ0v) is 11.9. The highest BCUT2D eigenvalue weighted by Crippen LogP contribution is 2.17. The molecule has 1 aromatic rings. The third-order valence-corrected chi connectivity index (χ3v) is 3.77. The van der Waals surface area contributed by atoms with E-state index in [4.69, 9.17) is 18.0 Å². The summed E-state index contributed by atoms with van der Waals surface area (Å²) >= 11 is 5.39. The molecule has 2 rings (SSSR count). The highest BCUT2D eigenvalue weighted by atomic mass is 32.1. The minimum absolute atomic E-state index is 0.0912. The summed E-state index contributed by atoms with van der Waals surface area (Å²) in [7, 11) is 0. The molecule has 5 heteroatoms. The van der Waals surface area contributed by atoms with Gasteiger partial charge in [-0.3, -0.25) is 4.79 Å². The number of aryl methyl sites for hydroxylation is 1. The monoisotopic (exact) mass is 277 g/mol. The normalized spacial score (nSPS) is 19.0. The van der Waals surface area contributed by atoms with E-state index in [1.54, 1.807) is 0 Å². The van der Waals surface area contributed by atoms with Gasteiger partial charge in [-0.25, -0.2) is 0 Å². The molecule has 1 aromatic carbocycles. The van der Waals surface area contributed by atoms with E-state index >= 15 is 0 Å². The van der Waals surface area contributed by atoms with Crippen molar-refractivity contribution in [1.82, 2.24) is 4.90 Å². The number of piperidine rings is 1. The molecule has 1 heterocycles. The summed E-state index contributed by atoms with van der Waals surface area (Å²) in [6, 6.07) is 8.06. The van der Waals surface area contributed by atoms with Gasteiger partial charge in [-0.15, -0.1) is 0 Å². The van der Waals surface area contributed by atoms with Crippen LogP contribution < -0.4 is 11.1 Å². The maximum absolute atomic E-state index is 11.3. The number of benzene rings is 1. The van der Waals surface area contributed by atoms with Gasteiger partial charge in [-0.1, -0.05) is 17.7 Å². The molecular weight excluding hydrogens is 258 g/mol. The number of nitrogens with one attached hydrogen (secondary N) is 1. The number of thiocarbonyl (C=S) groups is 1. The lowest BCUT2D eigenvalue weighted by Crippen LogP contribution is -2.45. The minimum Gasteiger partial charge on any atom is -0.369 e. The van der Waals surface area contributed by atoms with Crippen LogP contribution in [0.5, 0.6) is 0 Å². The van der Waals surface area contributed by atoms with Gasteiger partial charge in [0.2, 0.25) is 5.91 Å². The standard InChI is InChI=1S/C14H19N3OS/c1-10-4-6-12(7-5-10)16-14(19)17-8-2-3-11(9-17)13(15)18/h4-7,11H,2-3,8-9H2,1H3,(H2,15,18)(H,16,19)/t11-/m0/s1. The quantitative estimate of drug-likeness (QED) is 0.811. The molecule has 4 nitrogen and oxygen atoms in total. The maximum Gasteiger partial charge on any atom is 0.222 e. The van der Waals surface area contributed by atoms with Gasteiger partial charge in [0.05, 0.1) is 5.92 Å². The first kappa shape index (κ1) is 13.8. The summed E-state index contributed by atoms with van der Waals surface area (Å²) in [6.45, 7) is 3.54. The lowest BCUT2D eigenvalue weighted by Gasteiger charge is -2.33. The van der Waals surface area contributed by atoms with Crippen LogP contribution in [0.1, 0.15) is 18.4 Å². The van der Waals surface area contributed by atoms with Crippen LogP contribution in [0.3, 0.4) is 0 Å². The Morgan fingerprint density at radius 2 is 2.11 bits per heavy atom. The Labute approximate surface area is 119 Å². The van der Waals surface area contributed by atoms with E-state index in [0.717, 1.165) is 25.1 Å². The van der Waals surface area contributed by atoms with Crippen LogP contribution in [-0.2, 0) is 4.79 Å². The maximum atomic E-state index is 11.3. The molecule has 0 saturated carbocycles.